The molecule has 4 aromatic heterocycles. The van der Waals surface area contributed by atoms with Gasteiger partial charge in [0.05, 0.1) is 17.6 Å². The molecular weight excluding hydrogens is 346 g/mol. The molecule has 27 heavy (non-hydrogen) atoms. The van der Waals surface area contributed by atoms with Gasteiger partial charge in [-0.1, -0.05) is 5.16 Å². The van der Waals surface area contributed by atoms with Crippen LogP contribution >= 0.6 is 0 Å². The molecule has 0 aliphatic rings. The zero-order chi connectivity index (χ0) is 19.1. The molecular formula is C18H19N7O2. The number of carbonyl (C=O) groups excluding carboxylic acids is 1. The Kier molecular flexibility index (Phi) is 3.98. The number of aromatic nitrogens is 6. The fourth-order valence-corrected chi connectivity index (χ4v) is 3.03. The molecule has 4 heterocycles. The number of aryl methyl sites for hydroxylation is 4. The molecule has 0 atom stereocenters. The van der Waals surface area contributed by atoms with E-state index >= 15 is 0 Å². The van der Waals surface area contributed by atoms with Crippen molar-refractivity contribution in [1.82, 2.24) is 29.5 Å². The number of anilines is 1. The molecule has 0 fully saturated rings. The molecule has 138 valence electrons. The van der Waals surface area contributed by atoms with Crippen molar-refractivity contribution in [1.29, 1.82) is 0 Å². The van der Waals surface area contributed by atoms with Gasteiger partial charge in [0.15, 0.2) is 11.4 Å². The first-order chi connectivity index (χ1) is 13.0. The quantitative estimate of drug-likeness (QED) is 0.596. The predicted molar refractivity (Wildman–Crippen MR) is 98.5 cm³/mol. The number of rotatable bonds is 4. The van der Waals surface area contributed by atoms with Crippen molar-refractivity contribution in [2.45, 2.75) is 34.2 Å². The first-order valence-electron chi connectivity index (χ1n) is 8.61. The Morgan fingerprint density at radius 3 is 2.74 bits per heavy atom. The lowest BCUT2D eigenvalue weighted by molar-refractivity contribution is 0.102. The molecule has 0 bridgehead atoms. The number of fused-ring (bicyclic) bond motifs is 1. The Morgan fingerprint density at radius 2 is 2.07 bits per heavy atom. The van der Waals surface area contributed by atoms with Gasteiger partial charge in [-0.25, -0.2) is 9.50 Å². The summed E-state index contributed by atoms with van der Waals surface area (Å²) >= 11 is 0. The predicted octanol–water partition coefficient (Wildman–Crippen LogP) is 2.78. The molecule has 0 saturated heterocycles. The summed E-state index contributed by atoms with van der Waals surface area (Å²) in [6.45, 7) is 8.27. The first-order valence-corrected chi connectivity index (χ1v) is 8.61. The Hall–Kier alpha value is -3.49. The van der Waals surface area contributed by atoms with Crippen LogP contribution in [0.2, 0.25) is 0 Å². The van der Waals surface area contributed by atoms with Crippen molar-refractivity contribution in [2.75, 3.05) is 5.32 Å². The molecule has 0 aliphatic carbocycles. The topological polar surface area (TPSA) is 103 Å². The van der Waals surface area contributed by atoms with Crippen LogP contribution < -0.4 is 5.32 Å². The van der Waals surface area contributed by atoms with Crippen LogP contribution in [0, 0.1) is 20.8 Å². The van der Waals surface area contributed by atoms with E-state index in [4.69, 9.17) is 4.52 Å². The van der Waals surface area contributed by atoms with Crippen LogP contribution in [0.5, 0.6) is 0 Å². The second-order valence-electron chi connectivity index (χ2n) is 6.26. The molecule has 0 unspecified atom stereocenters. The summed E-state index contributed by atoms with van der Waals surface area (Å²) in [5.74, 6) is 0.235. The van der Waals surface area contributed by atoms with E-state index in [1.807, 2.05) is 30.8 Å². The SMILES string of the molecule is CCn1cc(-c2ccnc3c(C(=O)Nc4c(C)noc4C)cnn23)c(C)n1. The van der Waals surface area contributed by atoms with Gasteiger partial charge in [0.2, 0.25) is 0 Å². The van der Waals surface area contributed by atoms with Gasteiger partial charge in [0.25, 0.3) is 5.91 Å². The summed E-state index contributed by atoms with van der Waals surface area (Å²) in [6, 6.07) is 1.86. The number of hydrogen-bond acceptors (Lipinski definition) is 6. The van der Waals surface area contributed by atoms with Gasteiger partial charge in [0.1, 0.15) is 16.9 Å². The number of nitrogens with zero attached hydrogens (tertiary/aromatic N) is 6. The van der Waals surface area contributed by atoms with Crippen molar-refractivity contribution >= 4 is 17.2 Å². The summed E-state index contributed by atoms with van der Waals surface area (Å²) in [6.07, 6.45) is 5.15. The summed E-state index contributed by atoms with van der Waals surface area (Å²) in [4.78, 5) is 17.1. The number of carbonyl (C=O) groups is 1. The number of nitrogens with one attached hydrogen (secondary N) is 1. The summed E-state index contributed by atoms with van der Waals surface area (Å²) in [7, 11) is 0. The minimum Gasteiger partial charge on any atom is -0.359 e. The molecule has 9 nitrogen and oxygen atoms in total. The third kappa shape index (κ3) is 2.77. The fraction of sp³-hybridized carbons (Fsp3) is 0.278. The maximum atomic E-state index is 12.8. The molecule has 1 N–H and O–H groups in total. The molecule has 4 aromatic rings. The normalized spacial score (nSPS) is 11.3. The highest BCUT2D eigenvalue weighted by Gasteiger charge is 2.20. The second-order valence-corrected chi connectivity index (χ2v) is 6.26. The van der Waals surface area contributed by atoms with Gasteiger partial charge in [-0.15, -0.1) is 0 Å². The van der Waals surface area contributed by atoms with Crippen molar-refractivity contribution < 1.29 is 9.32 Å². The first kappa shape index (κ1) is 17.0. The van der Waals surface area contributed by atoms with Crippen molar-refractivity contribution in [3.63, 3.8) is 0 Å². The second kappa shape index (κ2) is 6.35. The van der Waals surface area contributed by atoms with Crippen LogP contribution in [0.3, 0.4) is 0 Å². The third-order valence-corrected chi connectivity index (χ3v) is 4.46. The highest BCUT2D eigenvalue weighted by atomic mass is 16.5. The molecule has 9 heteroatoms. The zero-order valence-corrected chi connectivity index (χ0v) is 15.5. The lowest BCUT2D eigenvalue weighted by Gasteiger charge is -2.05. The Morgan fingerprint density at radius 1 is 1.26 bits per heavy atom. The maximum absolute atomic E-state index is 12.8. The summed E-state index contributed by atoms with van der Waals surface area (Å²) in [5, 5.41) is 15.5. The van der Waals surface area contributed by atoms with Crippen molar-refractivity contribution in [2.24, 2.45) is 0 Å². The van der Waals surface area contributed by atoms with E-state index in [-0.39, 0.29) is 5.91 Å². The number of amides is 1. The van der Waals surface area contributed by atoms with Crippen LogP contribution in [-0.4, -0.2) is 35.4 Å². The van der Waals surface area contributed by atoms with Gasteiger partial charge >= 0.3 is 0 Å². The fourth-order valence-electron chi connectivity index (χ4n) is 3.03. The van der Waals surface area contributed by atoms with Crippen LogP contribution in [-0.2, 0) is 6.54 Å². The molecule has 4 rings (SSSR count). The minimum absolute atomic E-state index is 0.315. The van der Waals surface area contributed by atoms with Gasteiger partial charge < -0.3 is 9.84 Å². The Balaban J connectivity index is 1.76. The van der Waals surface area contributed by atoms with Crippen LogP contribution in [0.1, 0.15) is 34.4 Å². The number of hydrogen-bond donors (Lipinski definition) is 1. The lowest BCUT2D eigenvalue weighted by atomic mass is 10.2. The van der Waals surface area contributed by atoms with E-state index in [9.17, 15) is 4.79 Å². The summed E-state index contributed by atoms with van der Waals surface area (Å²) < 4.78 is 8.62. The average Bonchev–Trinajstić information content (AvgIpc) is 3.34. The van der Waals surface area contributed by atoms with E-state index in [1.165, 1.54) is 6.20 Å². The minimum atomic E-state index is -0.315. The highest BCUT2D eigenvalue weighted by molar-refractivity contribution is 6.08. The molecule has 0 spiro atoms. The Bertz CT molecular complexity index is 1130. The third-order valence-electron chi connectivity index (χ3n) is 4.46. The van der Waals surface area contributed by atoms with E-state index in [0.717, 1.165) is 23.5 Å². The van der Waals surface area contributed by atoms with E-state index in [0.29, 0.717) is 28.4 Å². The van der Waals surface area contributed by atoms with Crippen LogP contribution in [0.15, 0.2) is 29.2 Å². The van der Waals surface area contributed by atoms with Crippen LogP contribution in [0.25, 0.3) is 16.9 Å². The highest BCUT2D eigenvalue weighted by Crippen LogP contribution is 2.25. The summed E-state index contributed by atoms with van der Waals surface area (Å²) in [5.41, 5.74) is 4.70. The van der Waals surface area contributed by atoms with E-state index in [1.54, 1.807) is 24.6 Å². The van der Waals surface area contributed by atoms with Crippen molar-refractivity contribution in [3.8, 4) is 11.3 Å². The Labute approximate surface area is 155 Å². The molecule has 0 aliphatic heterocycles. The smallest absolute Gasteiger partial charge is 0.261 e. The average molecular weight is 365 g/mol. The molecule has 1 amide bonds. The standard InChI is InChI=1S/C18H19N7O2/c1-5-24-9-14(10(2)22-24)15-6-7-19-17-13(8-20-25(15)17)18(26)21-16-11(3)23-27-12(16)4/h6-9H,5H2,1-4H3,(H,21,26). The van der Waals surface area contributed by atoms with E-state index < -0.39 is 0 Å². The van der Waals surface area contributed by atoms with Gasteiger partial charge in [-0.3, -0.25) is 9.48 Å². The zero-order valence-electron chi connectivity index (χ0n) is 15.5. The van der Waals surface area contributed by atoms with Crippen LogP contribution in [0.4, 0.5) is 5.69 Å². The molecule has 0 saturated carbocycles. The monoisotopic (exact) mass is 365 g/mol. The van der Waals surface area contributed by atoms with Gasteiger partial charge in [0, 0.05) is 24.5 Å². The largest absolute Gasteiger partial charge is 0.359 e. The molecule has 0 radical (unpaired) electrons. The lowest BCUT2D eigenvalue weighted by Crippen LogP contribution is -2.13. The van der Waals surface area contributed by atoms with E-state index in [2.05, 4.69) is 25.7 Å². The maximum Gasteiger partial charge on any atom is 0.261 e. The molecule has 0 aromatic carbocycles. The van der Waals surface area contributed by atoms with Crippen molar-refractivity contribution in [3.05, 3.63) is 47.4 Å². The van der Waals surface area contributed by atoms with Gasteiger partial charge in [-0.05, 0) is 33.8 Å². The van der Waals surface area contributed by atoms with Gasteiger partial charge in [-0.2, -0.15) is 10.2 Å².